The minimum atomic E-state index is 0.450. The molecule has 0 amide bonds. The van der Waals surface area contributed by atoms with E-state index in [1.54, 1.807) is 0 Å². The number of aromatic nitrogens is 2. The van der Waals surface area contributed by atoms with Crippen molar-refractivity contribution in [3.8, 4) is 11.8 Å². The van der Waals surface area contributed by atoms with Crippen LogP contribution in [0, 0.1) is 22.9 Å². The molecule has 112 valence electrons. The third-order valence-corrected chi connectivity index (χ3v) is 4.06. The molecule has 0 N–H and O–H groups in total. The van der Waals surface area contributed by atoms with E-state index in [2.05, 4.69) is 16.0 Å². The monoisotopic (exact) mass is 312 g/mol. The van der Waals surface area contributed by atoms with Gasteiger partial charge in [0.1, 0.15) is 22.1 Å². The van der Waals surface area contributed by atoms with Gasteiger partial charge in [-0.3, -0.25) is 4.57 Å². The molecule has 6 heteroatoms. The molecule has 0 spiro atoms. The van der Waals surface area contributed by atoms with Crippen LogP contribution in [-0.2, 0) is 4.74 Å². The van der Waals surface area contributed by atoms with Gasteiger partial charge in [-0.05, 0) is 19.1 Å². The van der Waals surface area contributed by atoms with Crippen molar-refractivity contribution in [2.75, 3.05) is 31.2 Å². The molecular weight excluding hydrogens is 296 g/mol. The molecule has 0 atom stereocenters. The highest BCUT2D eigenvalue weighted by Gasteiger charge is 2.20. The Morgan fingerprint density at radius 1 is 1.23 bits per heavy atom. The molecule has 0 aliphatic carbocycles. The standard InChI is InChI=1S/C16H16N4OS/c1-12-18-15(19-7-9-21-10-8-19)14(11-17)16(22)20(12)13-5-3-2-4-6-13/h2-6H,7-10H2,1H3. The Labute approximate surface area is 134 Å². The predicted molar refractivity (Wildman–Crippen MR) is 86.9 cm³/mol. The molecule has 0 bridgehead atoms. The Kier molecular flexibility index (Phi) is 4.18. The van der Waals surface area contributed by atoms with Crippen LogP contribution in [0.4, 0.5) is 5.82 Å². The normalized spacial score (nSPS) is 14.6. The van der Waals surface area contributed by atoms with E-state index in [-0.39, 0.29) is 0 Å². The lowest BCUT2D eigenvalue weighted by Gasteiger charge is -2.29. The highest BCUT2D eigenvalue weighted by molar-refractivity contribution is 7.71. The van der Waals surface area contributed by atoms with Gasteiger partial charge in [0.05, 0.1) is 13.2 Å². The van der Waals surface area contributed by atoms with Gasteiger partial charge >= 0.3 is 0 Å². The highest BCUT2D eigenvalue weighted by Crippen LogP contribution is 2.23. The zero-order valence-electron chi connectivity index (χ0n) is 12.3. The van der Waals surface area contributed by atoms with Gasteiger partial charge in [0.15, 0.2) is 5.82 Å². The van der Waals surface area contributed by atoms with E-state index < -0.39 is 0 Å². The second kappa shape index (κ2) is 6.26. The van der Waals surface area contributed by atoms with Crippen LogP contribution in [0.2, 0.25) is 0 Å². The molecule has 0 unspecified atom stereocenters. The van der Waals surface area contributed by atoms with E-state index in [1.807, 2.05) is 41.8 Å². The molecule has 1 fully saturated rings. The molecule has 22 heavy (non-hydrogen) atoms. The topological polar surface area (TPSA) is 54.1 Å². The summed E-state index contributed by atoms with van der Waals surface area (Å²) in [5.74, 6) is 1.44. The molecule has 1 aromatic heterocycles. The van der Waals surface area contributed by atoms with Crippen molar-refractivity contribution in [3.63, 3.8) is 0 Å². The van der Waals surface area contributed by atoms with Gasteiger partial charge in [-0.25, -0.2) is 4.98 Å². The molecule has 1 saturated heterocycles. The molecule has 5 nitrogen and oxygen atoms in total. The molecule has 1 aliphatic rings. The summed E-state index contributed by atoms with van der Waals surface area (Å²) in [5, 5.41) is 9.56. The fourth-order valence-corrected chi connectivity index (χ4v) is 2.97. The average molecular weight is 312 g/mol. The summed E-state index contributed by atoms with van der Waals surface area (Å²) in [5.41, 5.74) is 1.37. The third kappa shape index (κ3) is 2.61. The van der Waals surface area contributed by atoms with Crippen LogP contribution in [0.1, 0.15) is 11.4 Å². The van der Waals surface area contributed by atoms with Gasteiger partial charge in [-0.1, -0.05) is 30.4 Å². The van der Waals surface area contributed by atoms with Gasteiger partial charge in [0.25, 0.3) is 0 Å². The number of rotatable bonds is 2. The summed E-state index contributed by atoms with van der Waals surface area (Å²) < 4.78 is 7.71. The van der Waals surface area contributed by atoms with E-state index in [0.29, 0.717) is 29.2 Å². The number of hydrogen-bond acceptors (Lipinski definition) is 5. The first kappa shape index (κ1) is 14.7. The fraction of sp³-hybridized carbons (Fsp3) is 0.312. The van der Waals surface area contributed by atoms with Crippen LogP contribution < -0.4 is 4.90 Å². The van der Waals surface area contributed by atoms with Gasteiger partial charge in [0, 0.05) is 18.8 Å². The van der Waals surface area contributed by atoms with Crippen LogP contribution in [0.5, 0.6) is 0 Å². The second-order valence-corrected chi connectivity index (χ2v) is 5.43. The molecule has 3 rings (SSSR count). The van der Waals surface area contributed by atoms with Crippen LogP contribution in [0.3, 0.4) is 0 Å². The first-order valence-corrected chi connectivity index (χ1v) is 7.55. The van der Waals surface area contributed by atoms with Crippen LogP contribution in [0.15, 0.2) is 30.3 Å². The number of para-hydroxylation sites is 1. The van der Waals surface area contributed by atoms with Gasteiger partial charge in [0.2, 0.25) is 0 Å². The van der Waals surface area contributed by atoms with Crippen molar-refractivity contribution >= 4 is 18.0 Å². The number of anilines is 1. The summed E-state index contributed by atoms with van der Waals surface area (Å²) in [4.78, 5) is 6.72. The lowest BCUT2D eigenvalue weighted by Crippen LogP contribution is -2.37. The van der Waals surface area contributed by atoms with Crippen LogP contribution in [-0.4, -0.2) is 35.9 Å². The quantitative estimate of drug-likeness (QED) is 0.798. The van der Waals surface area contributed by atoms with Crippen molar-refractivity contribution in [3.05, 3.63) is 46.4 Å². The second-order valence-electron chi connectivity index (χ2n) is 5.04. The smallest absolute Gasteiger partial charge is 0.151 e. The Bertz CT molecular complexity index is 773. The predicted octanol–water partition coefficient (Wildman–Crippen LogP) is 2.62. The summed E-state index contributed by atoms with van der Waals surface area (Å²) >= 11 is 5.56. The summed E-state index contributed by atoms with van der Waals surface area (Å²) in [6, 6.07) is 12.0. The summed E-state index contributed by atoms with van der Waals surface area (Å²) in [6.45, 7) is 4.66. The lowest BCUT2D eigenvalue weighted by atomic mass is 10.2. The van der Waals surface area contributed by atoms with E-state index in [9.17, 15) is 5.26 Å². The third-order valence-electron chi connectivity index (χ3n) is 3.67. The SMILES string of the molecule is Cc1nc(N2CCOCC2)c(C#N)c(=S)n1-c1ccccc1. The van der Waals surface area contributed by atoms with Crippen molar-refractivity contribution in [2.24, 2.45) is 0 Å². The van der Waals surface area contributed by atoms with Crippen molar-refractivity contribution in [2.45, 2.75) is 6.92 Å². The largest absolute Gasteiger partial charge is 0.378 e. The molecule has 0 saturated carbocycles. The van der Waals surface area contributed by atoms with Crippen LogP contribution >= 0.6 is 12.2 Å². The molecule has 2 heterocycles. The van der Waals surface area contributed by atoms with Crippen LogP contribution in [0.25, 0.3) is 5.69 Å². The van der Waals surface area contributed by atoms with Crippen molar-refractivity contribution in [1.29, 1.82) is 5.26 Å². The molecular formula is C16H16N4OS. The Morgan fingerprint density at radius 2 is 1.91 bits per heavy atom. The average Bonchev–Trinajstić information content (AvgIpc) is 2.56. The zero-order chi connectivity index (χ0) is 15.5. The number of aryl methyl sites for hydroxylation is 1. The van der Waals surface area contributed by atoms with Crippen molar-refractivity contribution in [1.82, 2.24) is 9.55 Å². The Morgan fingerprint density at radius 3 is 2.55 bits per heavy atom. The lowest BCUT2D eigenvalue weighted by molar-refractivity contribution is 0.122. The van der Waals surface area contributed by atoms with E-state index in [1.165, 1.54) is 0 Å². The van der Waals surface area contributed by atoms with Gasteiger partial charge < -0.3 is 9.64 Å². The van der Waals surface area contributed by atoms with Crippen molar-refractivity contribution < 1.29 is 4.74 Å². The Hall–Kier alpha value is -2.23. The van der Waals surface area contributed by atoms with E-state index in [0.717, 1.165) is 24.6 Å². The number of hydrogen-bond donors (Lipinski definition) is 0. The zero-order valence-corrected chi connectivity index (χ0v) is 13.1. The molecule has 1 aromatic carbocycles. The summed E-state index contributed by atoms with van der Waals surface area (Å²) in [7, 11) is 0. The maximum absolute atomic E-state index is 9.56. The number of nitriles is 1. The maximum atomic E-state index is 9.56. The fourth-order valence-electron chi connectivity index (χ4n) is 2.60. The number of benzene rings is 1. The number of ether oxygens (including phenoxy) is 1. The molecule has 1 aliphatic heterocycles. The molecule has 0 radical (unpaired) electrons. The maximum Gasteiger partial charge on any atom is 0.151 e. The van der Waals surface area contributed by atoms with E-state index in [4.69, 9.17) is 17.0 Å². The first-order valence-electron chi connectivity index (χ1n) is 7.14. The minimum absolute atomic E-state index is 0.450. The highest BCUT2D eigenvalue weighted by atomic mass is 32.1. The Balaban J connectivity index is 2.16. The number of nitrogens with zero attached hydrogens (tertiary/aromatic N) is 4. The van der Waals surface area contributed by atoms with Gasteiger partial charge in [-0.15, -0.1) is 0 Å². The van der Waals surface area contributed by atoms with Gasteiger partial charge in [-0.2, -0.15) is 5.26 Å². The van der Waals surface area contributed by atoms with E-state index >= 15 is 0 Å². The molecule has 2 aromatic rings. The minimum Gasteiger partial charge on any atom is -0.378 e. The number of morpholine rings is 1. The summed E-state index contributed by atoms with van der Waals surface area (Å²) in [6.07, 6.45) is 0. The first-order chi connectivity index (χ1) is 10.7.